The van der Waals surface area contributed by atoms with Crippen LogP contribution in [0.15, 0.2) is 36.7 Å². The lowest BCUT2D eigenvalue weighted by molar-refractivity contribution is 0.0277. The van der Waals surface area contributed by atoms with Crippen LogP contribution in [0.5, 0.6) is 5.75 Å². The zero-order valence-electron chi connectivity index (χ0n) is 13.7. The number of nitrogens with zero attached hydrogens (tertiary/aromatic N) is 2. The largest absolute Gasteiger partial charge is 0.488 e. The molecule has 5 heteroatoms. The molecule has 0 saturated carbocycles. The number of benzene rings is 1. The van der Waals surface area contributed by atoms with Gasteiger partial charge in [-0.2, -0.15) is 0 Å². The summed E-state index contributed by atoms with van der Waals surface area (Å²) in [4.78, 5) is 8.74. The monoisotopic (exact) mass is 313 g/mol. The van der Waals surface area contributed by atoms with E-state index in [9.17, 15) is 0 Å². The molecule has 122 valence electrons. The molecular weight excluding hydrogens is 290 g/mol. The smallest absolute Gasteiger partial charge is 0.156 e. The number of aromatic nitrogens is 2. The molecule has 1 saturated heterocycles. The van der Waals surface area contributed by atoms with Crippen LogP contribution in [-0.2, 0) is 11.2 Å². The summed E-state index contributed by atoms with van der Waals surface area (Å²) in [6.45, 7) is 6.55. The van der Waals surface area contributed by atoms with E-state index in [0.717, 1.165) is 25.5 Å². The summed E-state index contributed by atoms with van der Waals surface area (Å²) >= 11 is 0. The second-order valence-corrected chi connectivity index (χ2v) is 5.98. The van der Waals surface area contributed by atoms with E-state index in [2.05, 4.69) is 39.6 Å². The fourth-order valence-corrected chi connectivity index (χ4v) is 2.58. The van der Waals surface area contributed by atoms with Crippen molar-refractivity contribution in [1.29, 1.82) is 0 Å². The molecule has 2 aromatic rings. The molecule has 3 rings (SSSR count). The number of hydrogen-bond acceptors (Lipinski definition) is 5. The van der Waals surface area contributed by atoms with Crippen molar-refractivity contribution in [3.63, 3.8) is 0 Å². The molecule has 1 N–H and O–H groups in total. The molecule has 0 aliphatic carbocycles. The molecule has 0 amide bonds. The lowest BCUT2D eigenvalue weighted by atomic mass is 10.0. The highest BCUT2D eigenvalue weighted by Gasteiger charge is 2.15. The third kappa shape index (κ3) is 4.50. The minimum atomic E-state index is 0.133. The zero-order valence-corrected chi connectivity index (χ0v) is 13.7. The van der Waals surface area contributed by atoms with E-state index in [1.165, 1.54) is 11.1 Å². The van der Waals surface area contributed by atoms with E-state index in [0.29, 0.717) is 12.2 Å². The molecule has 1 aromatic heterocycles. The van der Waals surface area contributed by atoms with Crippen molar-refractivity contribution in [3.05, 3.63) is 53.6 Å². The quantitative estimate of drug-likeness (QED) is 0.919. The number of nitrogens with one attached hydrogen (secondary N) is 1. The average Bonchev–Trinajstić information content (AvgIpc) is 2.58. The van der Waals surface area contributed by atoms with Crippen LogP contribution in [0, 0.1) is 0 Å². The highest BCUT2D eigenvalue weighted by Crippen LogP contribution is 2.20. The summed E-state index contributed by atoms with van der Waals surface area (Å²) in [6, 6.07) is 8.50. The van der Waals surface area contributed by atoms with Crippen LogP contribution in [0.25, 0.3) is 0 Å². The van der Waals surface area contributed by atoms with Gasteiger partial charge in [-0.15, -0.1) is 0 Å². The normalized spacial score (nSPS) is 18.1. The van der Waals surface area contributed by atoms with Gasteiger partial charge >= 0.3 is 0 Å². The molecule has 1 fully saturated rings. The Morgan fingerprint density at radius 1 is 1.22 bits per heavy atom. The van der Waals surface area contributed by atoms with Crippen LogP contribution in [0.3, 0.4) is 0 Å². The zero-order chi connectivity index (χ0) is 16.1. The Morgan fingerprint density at radius 3 is 2.57 bits per heavy atom. The summed E-state index contributed by atoms with van der Waals surface area (Å²) in [7, 11) is 0. The van der Waals surface area contributed by atoms with Gasteiger partial charge in [0.25, 0.3) is 0 Å². The lowest BCUT2D eigenvalue weighted by Gasteiger charge is -2.24. The maximum Gasteiger partial charge on any atom is 0.156 e. The molecule has 1 aliphatic heterocycles. The number of morpholine rings is 1. The van der Waals surface area contributed by atoms with Gasteiger partial charge in [-0.3, -0.25) is 0 Å². The van der Waals surface area contributed by atoms with Gasteiger partial charge in [0, 0.05) is 19.5 Å². The minimum Gasteiger partial charge on any atom is -0.488 e. The fraction of sp³-hybridized carbons (Fsp3) is 0.444. The summed E-state index contributed by atoms with van der Waals surface area (Å²) in [5, 5.41) is 3.35. The van der Waals surface area contributed by atoms with Crippen molar-refractivity contribution in [2.24, 2.45) is 0 Å². The molecule has 1 atom stereocenters. The predicted molar refractivity (Wildman–Crippen MR) is 88.6 cm³/mol. The first-order valence-corrected chi connectivity index (χ1v) is 8.09. The summed E-state index contributed by atoms with van der Waals surface area (Å²) in [5.74, 6) is 1.51. The van der Waals surface area contributed by atoms with Crippen molar-refractivity contribution in [2.45, 2.75) is 32.5 Å². The highest BCUT2D eigenvalue weighted by molar-refractivity contribution is 5.27. The van der Waals surface area contributed by atoms with Crippen LogP contribution in [0.1, 0.15) is 36.9 Å². The molecular formula is C18H23N3O2. The molecule has 0 unspecified atom stereocenters. The first-order chi connectivity index (χ1) is 11.2. The molecule has 23 heavy (non-hydrogen) atoms. The van der Waals surface area contributed by atoms with Crippen LogP contribution >= 0.6 is 0 Å². The molecule has 0 spiro atoms. The lowest BCUT2D eigenvalue weighted by Crippen LogP contribution is -2.33. The summed E-state index contributed by atoms with van der Waals surface area (Å²) in [5.41, 5.74) is 2.40. The fourth-order valence-electron chi connectivity index (χ4n) is 2.58. The highest BCUT2D eigenvalue weighted by atomic mass is 16.5. The van der Waals surface area contributed by atoms with E-state index < -0.39 is 0 Å². The van der Waals surface area contributed by atoms with Gasteiger partial charge in [-0.25, -0.2) is 9.97 Å². The van der Waals surface area contributed by atoms with Crippen molar-refractivity contribution >= 4 is 0 Å². The molecule has 0 radical (unpaired) electrons. The number of rotatable bonds is 5. The number of ether oxygens (including phenoxy) is 2. The van der Waals surface area contributed by atoms with E-state index >= 15 is 0 Å². The molecule has 1 aromatic carbocycles. The second kappa shape index (κ2) is 7.53. The van der Waals surface area contributed by atoms with Crippen LogP contribution in [0.2, 0.25) is 0 Å². The molecule has 5 nitrogen and oxygen atoms in total. The van der Waals surface area contributed by atoms with Crippen molar-refractivity contribution in [1.82, 2.24) is 15.3 Å². The van der Waals surface area contributed by atoms with Gasteiger partial charge in [0.1, 0.15) is 5.82 Å². The Hall–Kier alpha value is -1.98. The van der Waals surface area contributed by atoms with Crippen molar-refractivity contribution in [3.8, 4) is 5.75 Å². The van der Waals surface area contributed by atoms with E-state index in [1.807, 2.05) is 13.8 Å². The Morgan fingerprint density at radius 2 is 1.96 bits per heavy atom. The maximum absolute atomic E-state index is 5.77. The van der Waals surface area contributed by atoms with Crippen LogP contribution < -0.4 is 10.1 Å². The summed E-state index contributed by atoms with van der Waals surface area (Å²) in [6.07, 6.45) is 4.47. The Bertz CT molecular complexity index is 605. The second-order valence-electron chi connectivity index (χ2n) is 5.98. The third-order valence-corrected chi connectivity index (χ3v) is 3.69. The van der Waals surface area contributed by atoms with Gasteiger partial charge < -0.3 is 14.8 Å². The average molecular weight is 313 g/mol. The SMILES string of the molecule is CC(C)Oc1cnc(Cc2ccc([C@@H]3CNCCO3)cc2)nc1. The van der Waals surface area contributed by atoms with E-state index in [4.69, 9.17) is 9.47 Å². The third-order valence-electron chi connectivity index (χ3n) is 3.69. The number of hydrogen-bond donors (Lipinski definition) is 1. The van der Waals surface area contributed by atoms with Gasteiger partial charge in [0.05, 0.1) is 31.2 Å². The Balaban J connectivity index is 1.61. The molecule has 0 bridgehead atoms. The van der Waals surface area contributed by atoms with Crippen LogP contribution in [-0.4, -0.2) is 35.8 Å². The van der Waals surface area contributed by atoms with Crippen molar-refractivity contribution < 1.29 is 9.47 Å². The van der Waals surface area contributed by atoms with Gasteiger partial charge in [-0.05, 0) is 25.0 Å². The standard InChI is InChI=1S/C18H23N3O2/c1-13(2)23-16-10-20-18(21-11-16)9-14-3-5-15(6-4-14)17-12-19-7-8-22-17/h3-6,10-11,13,17,19H,7-9,12H2,1-2H3/t17-/m0/s1. The first-order valence-electron chi connectivity index (χ1n) is 8.09. The van der Waals surface area contributed by atoms with Gasteiger partial charge in [0.15, 0.2) is 5.75 Å². The molecule has 2 heterocycles. The van der Waals surface area contributed by atoms with E-state index in [-0.39, 0.29) is 12.2 Å². The Labute approximate surface area is 137 Å². The predicted octanol–water partition coefficient (Wildman–Crippen LogP) is 2.52. The first kappa shape index (κ1) is 15.9. The molecule has 1 aliphatic rings. The van der Waals surface area contributed by atoms with Crippen molar-refractivity contribution in [2.75, 3.05) is 19.7 Å². The minimum absolute atomic E-state index is 0.133. The summed E-state index contributed by atoms with van der Waals surface area (Å²) < 4.78 is 11.3. The van der Waals surface area contributed by atoms with Gasteiger partial charge in [0.2, 0.25) is 0 Å². The Kier molecular flexibility index (Phi) is 5.20. The van der Waals surface area contributed by atoms with E-state index in [1.54, 1.807) is 12.4 Å². The van der Waals surface area contributed by atoms with Crippen LogP contribution in [0.4, 0.5) is 0 Å². The topological polar surface area (TPSA) is 56.3 Å². The maximum atomic E-state index is 5.77. The van der Waals surface area contributed by atoms with Gasteiger partial charge in [-0.1, -0.05) is 24.3 Å².